The number of benzene rings is 1. The summed E-state index contributed by atoms with van der Waals surface area (Å²) in [6.45, 7) is 7.45. The van der Waals surface area contributed by atoms with Gasteiger partial charge in [-0.2, -0.15) is 5.10 Å². The van der Waals surface area contributed by atoms with Gasteiger partial charge in [-0.15, -0.1) is 0 Å². The van der Waals surface area contributed by atoms with E-state index in [0.29, 0.717) is 6.04 Å². The van der Waals surface area contributed by atoms with Crippen LogP contribution in [0.15, 0.2) is 30.3 Å². The molecule has 2 rings (SSSR count). The Balaban J connectivity index is 2.07. The maximum Gasteiger partial charge on any atom is 0.0624 e. The number of hydrogen-bond acceptors (Lipinski definition) is 2. The summed E-state index contributed by atoms with van der Waals surface area (Å²) < 4.78 is 2.03. The van der Waals surface area contributed by atoms with E-state index in [1.54, 1.807) is 0 Å². The molecule has 1 aromatic carbocycles. The topological polar surface area (TPSA) is 29.9 Å². The molecule has 0 amide bonds. The molecular formula is C18H27N3. The predicted molar refractivity (Wildman–Crippen MR) is 88.6 cm³/mol. The SMILES string of the molecule is CCNC(Cc1ccc(C)cc1)Cc1cc(CC)nn1C. The van der Waals surface area contributed by atoms with Crippen LogP contribution in [0.1, 0.15) is 36.4 Å². The van der Waals surface area contributed by atoms with Crippen molar-refractivity contribution in [3.63, 3.8) is 0 Å². The Hall–Kier alpha value is -1.61. The second-order valence-electron chi connectivity index (χ2n) is 5.75. The third-order valence-electron chi connectivity index (χ3n) is 3.94. The third kappa shape index (κ3) is 4.43. The summed E-state index contributed by atoms with van der Waals surface area (Å²) in [7, 11) is 2.05. The zero-order valence-electron chi connectivity index (χ0n) is 13.7. The lowest BCUT2D eigenvalue weighted by Gasteiger charge is -2.18. The summed E-state index contributed by atoms with van der Waals surface area (Å²) in [6.07, 6.45) is 3.07. The van der Waals surface area contributed by atoms with Gasteiger partial charge in [-0.05, 0) is 37.9 Å². The van der Waals surface area contributed by atoms with Crippen molar-refractivity contribution in [3.05, 3.63) is 52.8 Å². The quantitative estimate of drug-likeness (QED) is 0.847. The van der Waals surface area contributed by atoms with Crippen LogP contribution in [0.4, 0.5) is 0 Å². The van der Waals surface area contributed by atoms with Crippen molar-refractivity contribution in [3.8, 4) is 0 Å². The fourth-order valence-electron chi connectivity index (χ4n) is 2.70. The largest absolute Gasteiger partial charge is 0.314 e. The Morgan fingerprint density at radius 2 is 1.86 bits per heavy atom. The van der Waals surface area contributed by atoms with Crippen molar-refractivity contribution in [2.45, 2.75) is 46.1 Å². The lowest BCUT2D eigenvalue weighted by molar-refractivity contribution is 0.504. The van der Waals surface area contributed by atoms with E-state index >= 15 is 0 Å². The summed E-state index contributed by atoms with van der Waals surface area (Å²) in [5.74, 6) is 0. The van der Waals surface area contributed by atoms with E-state index in [9.17, 15) is 0 Å². The number of likely N-dealkylation sites (N-methyl/N-ethyl adjacent to an activating group) is 1. The van der Waals surface area contributed by atoms with Crippen LogP contribution in [0.25, 0.3) is 0 Å². The van der Waals surface area contributed by atoms with Crippen molar-refractivity contribution >= 4 is 0 Å². The summed E-state index contributed by atoms with van der Waals surface area (Å²) in [4.78, 5) is 0. The Morgan fingerprint density at radius 3 is 2.43 bits per heavy atom. The van der Waals surface area contributed by atoms with E-state index < -0.39 is 0 Å². The van der Waals surface area contributed by atoms with Crippen molar-refractivity contribution in [2.24, 2.45) is 7.05 Å². The molecule has 0 radical (unpaired) electrons. The molecule has 0 saturated heterocycles. The van der Waals surface area contributed by atoms with Gasteiger partial charge in [-0.3, -0.25) is 4.68 Å². The highest BCUT2D eigenvalue weighted by molar-refractivity contribution is 5.22. The molecule has 0 spiro atoms. The number of aromatic nitrogens is 2. The molecule has 1 N–H and O–H groups in total. The minimum Gasteiger partial charge on any atom is -0.314 e. The molecule has 3 heteroatoms. The molecule has 0 aliphatic carbocycles. The molecule has 0 saturated carbocycles. The number of hydrogen-bond donors (Lipinski definition) is 1. The Labute approximate surface area is 128 Å². The van der Waals surface area contributed by atoms with Crippen LogP contribution in [-0.4, -0.2) is 22.4 Å². The number of aryl methyl sites for hydroxylation is 3. The highest BCUT2D eigenvalue weighted by atomic mass is 15.3. The van der Waals surface area contributed by atoms with E-state index in [1.165, 1.54) is 22.5 Å². The molecule has 21 heavy (non-hydrogen) atoms. The van der Waals surface area contributed by atoms with Crippen LogP contribution in [0.5, 0.6) is 0 Å². The summed E-state index contributed by atoms with van der Waals surface area (Å²) in [6, 6.07) is 11.5. The summed E-state index contributed by atoms with van der Waals surface area (Å²) in [5.41, 5.74) is 5.20. The monoisotopic (exact) mass is 285 g/mol. The average molecular weight is 285 g/mol. The first kappa shape index (κ1) is 15.8. The predicted octanol–water partition coefficient (Wildman–Crippen LogP) is 3.05. The molecule has 0 bridgehead atoms. The highest BCUT2D eigenvalue weighted by Crippen LogP contribution is 2.12. The molecule has 0 fully saturated rings. The molecule has 1 atom stereocenters. The van der Waals surface area contributed by atoms with Gasteiger partial charge in [0.1, 0.15) is 0 Å². The smallest absolute Gasteiger partial charge is 0.0624 e. The van der Waals surface area contributed by atoms with Crippen LogP contribution in [0.3, 0.4) is 0 Å². The van der Waals surface area contributed by atoms with Crippen LogP contribution in [-0.2, 0) is 26.3 Å². The second-order valence-corrected chi connectivity index (χ2v) is 5.75. The van der Waals surface area contributed by atoms with E-state index in [-0.39, 0.29) is 0 Å². The zero-order chi connectivity index (χ0) is 15.2. The number of nitrogens with one attached hydrogen (secondary N) is 1. The van der Waals surface area contributed by atoms with Gasteiger partial charge in [0.25, 0.3) is 0 Å². The van der Waals surface area contributed by atoms with Crippen molar-refractivity contribution in [2.75, 3.05) is 6.54 Å². The van der Waals surface area contributed by atoms with Gasteiger partial charge in [0.15, 0.2) is 0 Å². The van der Waals surface area contributed by atoms with Crippen LogP contribution in [0.2, 0.25) is 0 Å². The van der Waals surface area contributed by atoms with Gasteiger partial charge in [-0.1, -0.05) is 43.7 Å². The Morgan fingerprint density at radius 1 is 1.14 bits per heavy atom. The van der Waals surface area contributed by atoms with E-state index in [2.05, 4.69) is 61.5 Å². The standard InChI is InChI=1S/C18H27N3/c1-5-16-12-18(21(4)20-16)13-17(19-6-2)11-15-9-7-14(3)8-10-15/h7-10,12,17,19H,5-6,11,13H2,1-4H3. The summed E-state index contributed by atoms with van der Waals surface area (Å²) >= 11 is 0. The lowest BCUT2D eigenvalue weighted by atomic mass is 10.0. The minimum absolute atomic E-state index is 0.456. The molecule has 0 aliphatic rings. The number of nitrogens with zero attached hydrogens (tertiary/aromatic N) is 2. The van der Waals surface area contributed by atoms with E-state index in [1.807, 2.05) is 11.7 Å². The first-order valence-electron chi connectivity index (χ1n) is 7.93. The Kier molecular flexibility index (Phi) is 5.57. The van der Waals surface area contributed by atoms with Crippen molar-refractivity contribution in [1.82, 2.24) is 15.1 Å². The van der Waals surface area contributed by atoms with Gasteiger partial charge in [0.2, 0.25) is 0 Å². The average Bonchev–Trinajstić information content (AvgIpc) is 2.82. The van der Waals surface area contributed by atoms with Gasteiger partial charge in [0, 0.05) is 25.2 Å². The molecule has 1 aromatic heterocycles. The summed E-state index contributed by atoms with van der Waals surface area (Å²) in [5, 5.41) is 8.16. The second kappa shape index (κ2) is 7.41. The van der Waals surface area contributed by atoms with Gasteiger partial charge in [0.05, 0.1) is 5.69 Å². The Bertz CT molecular complexity index is 554. The van der Waals surface area contributed by atoms with E-state index in [0.717, 1.165) is 25.8 Å². The molecule has 1 heterocycles. The lowest BCUT2D eigenvalue weighted by Crippen LogP contribution is -2.33. The van der Waals surface area contributed by atoms with Crippen LogP contribution >= 0.6 is 0 Å². The van der Waals surface area contributed by atoms with E-state index in [4.69, 9.17) is 0 Å². The molecule has 2 aromatic rings. The third-order valence-corrected chi connectivity index (χ3v) is 3.94. The molecular weight excluding hydrogens is 258 g/mol. The van der Waals surface area contributed by atoms with Crippen LogP contribution in [0, 0.1) is 6.92 Å². The fourth-order valence-corrected chi connectivity index (χ4v) is 2.70. The maximum atomic E-state index is 4.55. The number of rotatable bonds is 7. The molecule has 0 aliphatic heterocycles. The van der Waals surface area contributed by atoms with Gasteiger partial charge >= 0.3 is 0 Å². The first-order chi connectivity index (χ1) is 10.1. The highest BCUT2D eigenvalue weighted by Gasteiger charge is 2.13. The van der Waals surface area contributed by atoms with Gasteiger partial charge < -0.3 is 5.32 Å². The first-order valence-corrected chi connectivity index (χ1v) is 7.93. The molecule has 3 nitrogen and oxygen atoms in total. The zero-order valence-corrected chi connectivity index (χ0v) is 13.7. The van der Waals surface area contributed by atoms with Gasteiger partial charge in [-0.25, -0.2) is 0 Å². The van der Waals surface area contributed by atoms with Crippen LogP contribution < -0.4 is 5.32 Å². The molecule has 114 valence electrons. The fraction of sp³-hybridized carbons (Fsp3) is 0.500. The maximum absolute atomic E-state index is 4.55. The molecule has 1 unspecified atom stereocenters. The van der Waals surface area contributed by atoms with Crippen molar-refractivity contribution < 1.29 is 0 Å². The minimum atomic E-state index is 0.456. The van der Waals surface area contributed by atoms with Crippen molar-refractivity contribution in [1.29, 1.82) is 0 Å². The normalized spacial score (nSPS) is 12.6.